The van der Waals surface area contributed by atoms with Gasteiger partial charge in [-0.05, 0) is 12.8 Å². The van der Waals surface area contributed by atoms with Crippen LogP contribution in [0.4, 0.5) is 0 Å². The Hall–Kier alpha value is -0.680. The summed E-state index contributed by atoms with van der Waals surface area (Å²) in [5, 5.41) is 0. The number of nitrogens with zero attached hydrogens (tertiary/aromatic N) is 1. The van der Waals surface area contributed by atoms with E-state index in [1.165, 1.54) is 0 Å². The van der Waals surface area contributed by atoms with Crippen molar-refractivity contribution in [2.45, 2.75) is 38.7 Å². The van der Waals surface area contributed by atoms with Crippen LogP contribution in [-0.4, -0.2) is 41.6 Å². The Balaban J connectivity index is 2.01. The Kier molecular flexibility index (Phi) is 3.68. The summed E-state index contributed by atoms with van der Waals surface area (Å²) in [6.07, 6.45) is 4.05. The van der Waals surface area contributed by atoms with Crippen molar-refractivity contribution in [1.29, 1.82) is 0 Å². The number of morpholine rings is 1. The van der Waals surface area contributed by atoms with E-state index in [0.29, 0.717) is 24.7 Å². The van der Waals surface area contributed by atoms with Crippen LogP contribution in [0.15, 0.2) is 0 Å². The minimum Gasteiger partial charge on any atom is -0.391 e. The molecule has 2 fully saturated rings. The molecule has 2 rings (SSSR count). The van der Waals surface area contributed by atoms with Gasteiger partial charge in [-0.2, -0.15) is 0 Å². The number of nitrogens with two attached hydrogens (primary N) is 1. The average Bonchev–Trinajstić information content (AvgIpc) is 2.76. The minimum absolute atomic E-state index is 0.169. The fourth-order valence-electron chi connectivity index (χ4n) is 2.76. The highest BCUT2D eigenvalue weighted by atomic mass is 32.1. The number of thiocarbonyl (C=S) groups is 1. The Bertz CT molecular complexity index is 326. The van der Waals surface area contributed by atoms with E-state index in [9.17, 15) is 4.79 Å². The topological polar surface area (TPSA) is 55.6 Å². The molecular weight excluding hydrogens is 236 g/mol. The number of carbonyl (C=O) groups is 1. The monoisotopic (exact) mass is 256 g/mol. The third kappa shape index (κ3) is 2.60. The van der Waals surface area contributed by atoms with Crippen LogP contribution in [0.3, 0.4) is 0 Å². The molecule has 5 heteroatoms. The highest BCUT2D eigenvalue weighted by Crippen LogP contribution is 2.39. The molecule has 1 atom stereocenters. The van der Waals surface area contributed by atoms with Crippen LogP contribution in [0.25, 0.3) is 0 Å². The van der Waals surface area contributed by atoms with E-state index in [-0.39, 0.29) is 17.4 Å². The van der Waals surface area contributed by atoms with Gasteiger partial charge < -0.3 is 15.4 Å². The molecule has 17 heavy (non-hydrogen) atoms. The number of hydrogen-bond acceptors (Lipinski definition) is 3. The van der Waals surface area contributed by atoms with Crippen LogP contribution in [0.5, 0.6) is 0 Å². The van der Waals surface area contributed by atoms with Gasteiger partial charge in [-0.1, -0.05) is 32.0 Å². The first kappa shape index (κ1) is 12.8. The molecule has 1 saturated carbocycles. The van der Waals surface area contributed by atoms with Crippen LogP contribution in [0.2, 0.25) is 0 Å². The smallest absolute Gasteiger partial charge is 0.228 e. The van der Waals surface area contributed by atoms with Gasteiger partial charge in [0.25, 0.3) is 0 Å². The van der Waals surface area contributed by atoms with E-state index in [0.717, 1.165) is 25.7 Å². The first-order valence-electron chi connectivity index (χ1n) is 6.23. The lowest BCUT2D eigenvalue weighted by Gasteiger charge is -2.37. The predicted octanol–water partition coefficient (Wildman–Crippen LogP) is 1.08. The second-order valence-electron chi connectivity index (χ2n) is 5.28. The van der Waals surface area contributed by atoms with E-state index in [1.54, 1.807) is 0 Å². The summed E-state index contributed by atoms with van der Waals surface area (Å²) in [4.78, 5) is 14.7. The maximum atomic E-state index is 12.5. The first-order valence-corrected chi connectivity index (χ1v) is 6.64. The van der Waals surface area contributed by atoms with Crippen LogP contribution in [-0.2, 0) is 9.53 Å². The SMILES string of the molecule is CC1(C(=O)N2CCOC(C(N)=S)C2)CCCC1. The summed E-state index contributed by atoms with van der Waals surface area (Å²) in [5.74, 6) is 0.250. The van der Waals surface area contributed by atoms with Crippen molar-refractivity contribution in [1.82, 2.24) is 4.90 Å². The zero-order valence-electron chi connectivity index (χ0n) is 10.3. The number of rotatable bonds is 2. The third-order valence-corrected chi connectivity index (χ3v) is 4.16. The predicted molar refractivity (Wildman–Crippen MR) is 69.7 cm³/mol. The van der Waals surface area contributed by atoms with Gasteiger partial charge in [0.2, 0.25) is 5.91 Å². The van der Waals surface area contributed by atoms with Crippen LogP contribution >= 0.6 is 12.2 Å². The number of ether oxygens (including phenoxy) is 1. The van der Waals surface area contributed by atoms with Crippen LogP contribution in [0, 0.1) is 5.41 Å². The second kappa shape index (κ2) is 4.90. The number of hydrogen-bond donors (Lipinski definition) is 1. The Morgan fingerprint density at radius 2 is 2.12 bits per heavy atom. The highest BCUT2D eigenvalue weighted by Gasteiger charge is 2.40. The lowest BCUT2D eigenvalue weighted by Crippen LogP contribution is -2.53. The van der Waals surface area contributed by atoms with Crippen molar-refractivity contribution < 1.29 is 9.53 Å². The average molecular weight is 256 g/mol. The molecule has 1 unspecified atom stereocenters. The minimum atomic E-state index is -0.271. The Morgan fingerprint density at radius 3 is 2.71 bits per heavy atom. The van der Waals surface area contributed by atoms with Gasteiger partial charge in [-0.25, -0.2) is 0 Å². The van der Waals surface area contributed by atoms with Crippen LogP contribution in [0.1, 0.15) is 32.6 Å². The molecule has 1 amide bonds. The normalized spacial score (nSPS) is 28.1. The molecule has 0 radical (unpaired) electrons. The largest absolute Gasteiger partial charge is 0.391 e. The summed E-state index contributed by atoms with van der Waals surface area (Å²) in [7, 11) is 0. The maximum absolute atomic E-state index is 12.5. The van der Waals surface area contributed by atoms with Crippen molar-refractivity contribution in [3.63, 3.8) is 0 Å². The molecule has 2 aliphatic rings. The van der Waals surface area contributed by atoms with E-state index in [1.807, 2.05) is 4.90 Å². The van der Waals surface area contributed by atoms with Crippen molar-refractivity contribution >= 4 is 23.1 Å². The summed E-state index contributed by atoms with van der Waals surface area (Å²) < 4.78 is 5.46. The van der Waals surface area contributed by atoms with Crippen molar-refractivity contribution in [3.05, 3.63) is 0 Å². The van der Waals surface area contributed by atoms with Gasteiger partial charge in [-0.15, -0.1) is 0 Å². The molecule has 0 bridgehead atoms. The van der Waals surface area contributed by atoms with Gasteiger partial charge >= 0.3 is 0 Å². The quantitative estimate of drug-likeness (QED) is 0.751. The lowest BCUT2D eigenvalue weighted by molar-refractivity contribution is -0.146. The van der Waals surface area contributed by atoms with E-state index in [4.69, 9.17) is 22.7 Å². The molecule has 4 nitrogen and oxygen atoms in total. The molecular formula is C12H20N2O2S. The molecule has 0 spiro atoms. The molecule has 0 aromatic heterocycles. The fourth-order valence-corrected chi connectivity index (χ4v) is 2.90. The van der Waals surface area contributed by atoms with E-state index in [2.05, 4.69) is 6.92 Å². The molecule has 1 aliphatic heterocycles. The third-order valence-electron chi connectivity index (χ3n) is 3.89. The molecule has 0 aromatic carbocycles. The van der Waals surface area contributed by atoms with E-state index < -0.39 is 0 Å². The Labute approximate surface area is 107 Å². The van der Waals surface area contributed by atoms with E-state index >= 15 is 0 Å². The van der Waals surface area contributed by atoms with Crippen LogP contribution < -0.4 is 5.73 Å². The van der Waals surface area contributed by atoms with Gasteiger partial charge in [-0.3, -0.25) is 4.79 Å². The first-order chi connectivity index (χ1) is 8.03. The summed E-state index contributed by atoms with van der Waals surface area (Å²) in [6.45, 7) is 3.79. The molecule has 1 aliphatic carbocycles. The Morgan fingerprint density at radius 1 is 1.47 bits per heavy atom. The maximum Gasteiger partial charge on any atom is 0.228 e. The standard InChI is InChI=1S/C12H20N2O2S/c1-12(4-2-3-5-12)11(15)14-6-7-16-9(8-14)10(13)17/h9H,2-8H2,1H3,(H2,13,17). The number of carbonyl (C=O) groups excluding carboxylic acids is 1. The fraction of sp³-hybridized carbons (Fsp3) is 0.833. The molecule has 96 valence electrons. The van der Waals surface area contributed by atoms with Gasteiger partial charge in [0.15, 0.2) is 0 Å². The van der Waals surface area contributed by atoms with Gasteiger partial charge in [0.05, 0.1) is 13.2 Å². The lowest BCUT2D eigenvalue weighted by atomic mass is 9.87. The number of amides is 1. The van der Waals surface area contributed by atoms with Crippen molar-refractivity contribution in [3.8, 4) is 0 Å². The molecule has 1 saturated heterocycles. The summed E-state index contributed by atoms with van der Waals surface area (Å²) in [5.41, 5.74) is 5.42. The molecule has 2 N–H and O–H groups in total. The zero-order valence-corrected chi connectivity index (χ0v) is 11.1. The van der Waals surface area contributed by atoms with Crippen molar-refractivity contribution in [2.75, 3.05) is 19.7 Å². The van der Waals surface area contributed by atoms with Gasteiger partial charge in [0, 0.05) is 12.0 Å². The molecule has 0 aromatic rings. The second-order valence-corrected chi connectivity index (χ2v) is 5.75. The molecule has 1 heterocycles. The van der Waals surface area contributed by atoms with Gasteiger partial charge in [0.1, 0.15) is 11.1 Å². The summed E-state index contributed by atoms with van der Waals surface area (Å²) in [6, 6.07) is 0. The zero-order chi connectivity index (χ0) is 12.5. The van der Waals surface area contributed by atoms with Crippen molar-refractivity contribution in [2.24, 2.45) is 11.1 Å². The highest BCUT2D eigenvalue weighted by molar-refractivity contribution is 7.80. The summed E-state index contributed by atoms with van der Waals surface area (Å²) >= 11 is 4.93.